The van der Waals surface area contributed by atoms with E-state index in [-0.39, 0.29) is 11.4 Å². The highest BCUT2D eigenvalue weighted by atomic mass is 16.2. The summed E-state index contributed by atoms with van der Waals surface area (Å²) in [7, 11) is 0. The van der Waals surface area contributed by atoms with Crippen LogP contribution in [0, 0.1) is 0 Å². The van der Waals surface area contributed by atoms with Gasteiger partial charge in [-0.15, -0.1) is 0 Å². The Balaban J connectivity index is 1.15. The summed E-state index contributed by atoms with van der Waals surface area (Å²) in [5, 5.41) is 11.4. The molecule has 0 atom stereocenters. The SMILES string of the molecule is O=C1NCC2(CCCCC2)n2c1cc1cnc(NC3CCC(NCc4ccccc4)CC3)nc12. The number of fused-ring (bicyclic) bond motifs is 4. The predicted molar refractivity (Wildman–Crippen MR) is 134 cm³/mol. The quantitative estimate of drug-likeness (QED) is 0.530. The van der Waals surface area contributed by atoms with E-state index in [4.69, 9.17) is 4.98 Å². The van der Waals surface area contributed by atoms with Gasteiger partial charge in [0.25, 0.3) is 5.91 Å². The highest BCUT2D eigenvalue weighted by Gasteiger charge is 2.41. The number of rotatable bonds is 5. The molecule has 0 radical (unpaired) electrons. The van der Waals surface area contributed by atoms with Crippen molar-refractivity contribution in [2.45, 2.75) is 82.0 Å². The number of anilines is 1. The summed E-state index contributed by atoms with van der Waals surface area (Å²) in [6.07, 6.45) is 12.3. The van der Waals surface area contributed by atoms with Crippen LogP contribution in [0.4, 0.5) is 5.95 Å². The lowest BCUT2D eigenvalue weighted by Gasteiger charge is -2.42. The third kappa shape index (κ3) is 4.06. The van der Waals surface area contributed by atoms with Gasteiger partial charge in [0, 0.05) is 36.8 Å². The number of aromatic nitrogens is 3. The topological polar surface area (TPSA) is 83.9 Å². The second-order valence-electron chi connectivity index (χ2n) is 10.4. The standard InChI is InChI=1S/C27H34N6O/c34-25-23-15-20-17-29-26(32-24(20)33(23)27(18-30-25)13-5-2-6-14-27)31-22-11-9-21(10-12-22)28-16-19-7-3-1-4-8-19/h1,3-4,7-8,15,17,21-22,28H,2,5-6,9-14,16,18H2,(H,30,34)(H,29,31,32). The fourth-order valence-corrected chi connectivity index (χ4v) is 6.21. The second-order valence-corrected chi connectivity index (χ2v) is 10.4. The molecule has 3 heterocycles. The minimum atomic E-state index is -0.0443. The van der Waals surface area contributed by atoms with E-state index >= 15 is 0 Å². The molecule has 6 rings (SSSR count). The molecule has 7 nitrogen and oxygen atoms in total. The maximum atomic E-state index is 12.7. The fourth-order valence-electron chi connectivity index (χ4n) is 6.21. The molecule has 178 valence electrons. The van der Waals surface area contributed by atoms with Crippen LogP contribution >= 0.6 is 0 Å². The number of amides is 1. The largest absolute Gasteiger partial charge is 0.351 e. The number of hydrogen-bond acceptors (Lipinski definition) is 5. The Morgan fingerprint density at radius 1 is 1.03 bits per heavy atom. The Kier molecular flexibility index (Phi) is 5.73. The smallest absolute Gasteiger partial charge is 0.268 e. The molecule has 34 heavy (non-hydrogen) atoms. The lowest BCUT2D eigenvalue weighted by Crippen LogP contribution is -2.52. The van der Waals surface area contributed by atoms with E-state index in [1.807, 2.05) is 12.3 Å². The second kappa shape index (κ2) is 9.02. The van der Waals surface area contributed by atoms with Gasteiger partial charge in [0.1, 0.15) is 11.3 Å². The van der Waals surface area contributed by atoms with Crippen molar-refractivity contribution in [2.75, 3.05) is 11.9 Å². The molecule has 3 aliphatic rings. The molecule has 1 aliphatic heterocycles. The van der Waals surface area contributed by atoms with Gasteiger partial charge in [0.15, 0.2) is 0 Å². The summed E-state index contributed by atoms with van der Waals surface area (Å²) in [5.74, 6) is 0.691. The van der Waals surface area contributed by atoms with Crippen LogP contribution < -0.4 is 16.0 Å². The molecular formula is C27H34N6O. The zero-order valence-corrected chi connectivity index (χ0v) is 19.7. The van der Waals surface area contributed by atoms with E-state index in [2.05, 4.69) is 55.8 Å². The highest BCUT2D eigenvalue weighted by Crippen LogP contribution is 2.40. The molecule has 1 aromatic carbocycles. The van der Waals surface area contributed by atoms with Crippen molar-refractivity contribution >= 4 is 22.9 Å². The molecule has 0 bridgehead atoms. The zero-order chi connectivity index (χ0) is 23.0. The van der Waals surface area contributed by atoms with E-state index in [0.717, 1.165) is 61.8 Å². The first-order chi connectivity index (χ1) is 16.7. The number of nitrogens with one attached hydrogen (secondary N) is 3. The third-order valence-corrected chi connectivity index (χ3v) is 8.11. The summed E-state index contributed by atoms with van der Waals surface area (Å²) in [5.41, 5.74) is 2.93. The van der Waals surface area contributed by atoms with Gasteiger partial charge in [0.05, 0.1) is 5.54 Å². The van der Waals surface area contributed by atoms with Gasteiger partial charge in [0.2, 0.25) is 5.95 Å². The van der Waals surface area contributed by atoms with Crippen molar-refractivity contribution in [3.63, 3.8) is 0 Å². The van der Waals surface area contributed by atoms with Crippen LogP contribution in [0.5, 0.6) is 0 Å². The van der Waals surface area contributed by atoms with Crippen molar-refractivity contribution < 1.29 is 4.79 Å². The van der Waals surface area contributed by atoms with Gasteiger partial charge >= 0.3 is 0 Å². The first-order valence-electron chi connectivity index (χ1n) is 12.9. The van der Waals surface area contributed by atoms with E-state index in [1.165, 1.54) is 24.8 Å². The third-order valence-electron chi connectivity index (χ3n) is 8.11. The molecule has 2 fully saturated rings. The van der Waals surface area contributed by atoms with Crippen LogP contribution in [0.15, 0.2) is 42.6 Å². The van der Waals surface area contributed by atoms with E-state index < -0.39 is 0 Å². The molecule has 2 aliphatic carbocycles. The number of hydrogen-bond donors (Lipinski definition) is 3. The molecule has 3 N–H and O–H groups in total. The Bertz CT molecular complexity index is 1160. The molecule has 0 saturated heterocycles. The Hall–Kier alpha value is -2.93. The van der Waals surface area contributed by atoms with E-state index in [9.17, 15) is 4.79 Å². The zero-order valence-electron chi connectivity index (χ0n) is 19.7. The van der Waals surface area contributed by atoms with Crippen LogP contribution in [-0.2, 0) is 12.1 Å². The van der Waals surface area contributed by atoms with Crippen molar-refractivity contribution in [2.24, 2.45) is 0 Å². The van der Waals surface area contributed by atoms with Gasteiger partial charge < -0.3 is 20.5 Å². The van der Waals surface area contributed by atoms with Crippen molar-refractivity contribution in [1.29, 1.82) is 0 Å². The number of benzene rings is 1. The maximum absolute atomic E-state index is 12.7. The summed E-state index contributed by atoms with van der Waals surface area (Å²) in [6.45, 7) is 1.63. The number of carbonyl (C=O) groups is 1. The van der Waals surface area contributed by atoms with Crippen LogP contribution in [0.25, 0.3) is 11.0 Å². The molecule has 1 spiro atoms. The number of carbonyl (C=O) groups excluding carboxylic acids is 1. The summed E-state index contributed by atoms with van der Waals surface area (Å²) in [4.78, 5) is 22.2. The Labute approximate surface area is 200 Å². The molecule has 7 heteroatoms. The Morgan fingerprint density at radius 3 is 2.59 bits per heavy atom. The monoisotopic (exact) mass is 458 g/mol. The first-order valence-corrected chi connectivity index (χ1v) is 12.9. The fraction of sp³-hybridized carbons (Fsp3) is 0.519. The Morgan fingerprint density at radius 2 is 1.79 bits per heavy atom. The minimum Gasteiger partial charge on any atom is -0.351 e. The highest BCUT2D eigenvalue weighted by molar-refractivity contribution is 5.99. The van der Waals surface area contributed by atoms with Crippen LogP contribution in [0.1, 0.15) is 73.8 Å². The summed E-state index contributed by atoms with van der Waals surface area (Å²) < 4.78 is 2.25. The molecule has 0 unspecified atom stereocenters. The molecule has 3 aromatic rings. The summed E-state index contributed by atoms with van der Waals surface area (Å²) >= 11 is 0. The van der Waals surface area contributed by atoms with Gasteiger partial charge in [-0.25, -0.2) is 4.98 Å². The molecule has 2 aromatic heterocycles. The van der Waals surface area contributed by atoms with Gasteiger partial charge in [-0.3, -0.25) is 4.79 Å². The summed E-state index contributed by atoms with van der Waals surface area (Å²) in [6, 6.07) is 13.5. The van der Waals surface area contributed by atoms with Crippen LogP contribution in [0.2, 0.25) is 0 Å². The van der Waals surface area contributed by atoms with Crippen LogP contribution in [-0.4, -0.2) is 39.1 Å². The van der Waals surface area contributed by atoms with Crippen molar-refractivity contribution in [3.8, 4) is 0 Å². The van der Waals surface area contributed by atoms with Gasteiger partial charge in [-0.1, -0.05) is 49.6 Å². The average molecular weight is 459 g/mol. The first kappa shape index (κ1) is 21.6. The number of nitrogens with zero attached hydrogens (tertiary/aromatic N) is 3. The van der Waals surface area contributed by atoms with Crippen LogP contribution in [0.3, 0.4) is 0 Å². The van der Waals surface area contributed by atoms with Crippen molar-refractivity contribution in [1.82, 2.24) is 25.2 Å². The predicted octanol–water partition coefficient (Wildman–Crippen LogP) is 4.35. The molecular weight excluding hydrogens is 424 g/mol. The van der Waals surface area contributed by atoms with Gasteiger partial charge in [-0.05, 0) is 50.2 Å². The maximum Gasteiger partial charge on any atom is 0.268 e. The molecule has 1 amide bonds. The minimum absolute atomic E-state index is 0.00466. The molecule has 2 saturated carbocycles. The van der Waals surface area contributed by atoms with E-state index in [1.54, 1.807) is 0 Å². The average Bonchev–Trinajstić information content (AvgIpc) is 3.28. The van der Waals surface area contributed by atoms with Crippen molar-refractivity contribution in [3.05, 3.63) is 53.9 Å². The van der Waals surface area contributed by atoms with E-state index in [0.29, 0.717) is 24.6 Å². The lowest BCUT2D eigenvalue weighted by molar-refractivity contribution is 0.0833. The van der Waals surface area contributed by atoms with Gasteiger partial charge in [-0.2, -0.15) is 4.98 Å². The normalized spacial score (nSPS) is 24.1. The lowest BCUT2D eigenvalue weighted by atomic mass is 9.80.